The molecule has 0 saturated heterocycles. The van der Waals surface area contributed by atoms with Gasteiger partial charge >= 0.3 is 0 Å². The van der Waals surface area contributed by atoms with Crippen LogP contribution in [0.2, 0.25) is 0 Å². The molecule has 0 spiro atoms. The topological polar surface area (TPSA) is 67.2 Å². The average molecular weight is 275 g/mol. The number of anilines is 1. The molecule has 1 aromatic carbocycles. The number of nitrogens with one attached hydrogen (secondary N) is 2. The highest BCUT2D eigenvalue weighted by Crippen LogP contribution is 2.19. The van der Waals surface area contributed by atoms with Gasteiger partial charge in [-0.3, -0.25) is 4.79 Å². The molecule has 0 heterocycles. The third-order valence-electron chi connectivity index (χ3n) is 3.84. The predicted molar refractivity (Wildman–Crippen MR) is 82.9 cm³/mol. The van der Waals surface area contributed by atoms with Crippen molar-refractivity contribution >= 4 is 11.6 Å². The van der Waals surface area contributed by atoms with Gasteiger partial charge in [-0.25, -0.2) is 0 Å². The Kier molecular flexibility index (Phi) is 5.41. The molecule has 1 aliphatic carbocycles. The second kappa shape index (κ2) is 7.29. The molecule has 20 heavy (non-hydrogen) atoms. The van der Waals surface area contributed by atoms with Gasteiger partial charge in [-0.05, 0) is 44.2 Å². The smallest absolute Gasteiger partial charge is 0.253 e. The van der Waals surface area contributed by atoms with E-state index in [1.54, 1.807) is 0 Å². The second-order valence-corrected chi connectivity index (χ2v) is 5.56. The number of nitrogens with two attached hydrogens (primary N) is 1. The fourth-order valence-corrected chi connectivity index (χ4v) is 2.62. The predicted octanol–water partition coefficient (Wildman–Crippen LogP) is 2.51. The molecule has 2 rings (SSSR count). The maximum Gasteiger partial charge on any atom is 0.253 e. The monoisotopic (exact) mass is 275 g/mol. The van der Waals surface area contributed by atoms with Crippen molar-refractivity contribution in [3.63, 3.8) is 0 Å². The Bertz CT molecular complexity index is 439. The molecule has 0 unspecified atom stereocenters. The zero-order valence-electron chi connectivity index (χ0n) is 12.2. The quantitative estimate of drug-likeness (QED) is 0.773. The highest BCUT2D eigenvalue weighted by molar-refractivity contribution is 5.99. The number of carbonyl (C=O) groups excluding carboxylic acids is 1. The highest BCUT2D eigenvalue weighted by Gasteiger charge is 2.21. The number of benzene rings is 1. The Labute approximate surface area is 121 Å². The fourth-order valence-electron chi connectivity index (χ4n) is 2.62. The van der Waals surface area contributed by atoms with Crippen LogP contribution in [0, 0.1) is 0 Å². The summed E-state index contributed by atoms with van der Waals surface area (Å²) < 4.78 is 0. The van der Waals surface area contributed by atoms with Crippen LogP contribution in [0.15, 0.2) is 24.3 Å². The summed E-state index contributed by atoms with van der Waals surface area (Å²) in [6.07, 6.45) is 5.01. The van der Waals surface area contributed by atoms with Gasteiger partial charge in [0, 0.05) is 24.3 Å². The molecule has 1 saturated carbocycles. The van der Waals surface area contributed by atoms with E-state index in [2.05, 4.69) is 17.6 Å². The number of amides is 1. The lowest BCUT2D eigenvalue weighted by Crippen LogP contribution is -2.40. The van der Waals surface area contributed by atoms with Gasteiger partial charge in [-0.2, -0.15) is 0 Å². The third kappa shape index (κ3) is 3.97. The van der Waals surface area contributed by atoms with E-state index in [-0.39, 0.29) is 11.9 Å². The molecule has 4 nitrogen and oxygen atoms in total. The normalized spacial score (nSPS) is 22.3. The molecule has 110 valence electrons. The minimum Gasteiger partial charge on any atom is -0.384 e. The molecule has 0 atom stereocenters. The number of carbonyl (C=O) groups is 1. The Balaban J connectivity index is 1.98. The average Bonchev–Trinajstić information content (AvgIpc) is 2.47. The van der Waals surface area contributed by atoms with E-state index < -0.39 is 0 Å². The van der Waals surface area contributed by atoms with Crippen molar-refractivity contribution in [2.75, 3.05) is 11.9 Å². The SMILES string of the molecule is CCCNc1ccccc1C(=O)NC1CCC(N)CC1. The molecule has 0 radical (unpaired) electrons. The molecule has 4 N–H and O–H groups in total. The summed E-state index contributed by atoms with van der Waals surface area (Å²) in [5, 5.41) is 6.45. The van der Waals surface area contributed by atoms with Crippen LogP contribution in [0.3, 0.4) is 0 Å². The van der Waals surface area contributed by atoms with Gasteiger partial charge in [-0.1, -0.05) is 19.1 Å². The van der Waals surface area contributed by atoms with E-state index >= 15 is 0 Å². The molecule has 4 heteroatoms. The summed E-state index contributed by atoms with van der Waals surface area (Å²) in [5.74, 6) is 0.0182. The molecule has 0 aliphatic heterocycles. The van der Waals surface area contributed by atoms with Crippen LogP contribution in [0.1, 0.15) is 49.4 Å². The Morgan fingerprint density at radius 3 is 2.65 bits per heavy atom. The lowest BCUT2D eigenvalue weighted by Gasteiger charge is -2.27. The molecule has 1 aromatic rings. The zero-order chi connectivity index (χ0) is 14.4. The second-order valence-electron chi connectivity index (χ2n) is 5.56. The van der Waals surface area contributed by atoms with Crippen LogP contribution in [-0.4, -0.2) is 24.5 Å². The molecular formula is C16H25N3O. The van der Waals surface area contributed by atoms with Crippen LogP contribution in [0.25, 0.3) is 0 Å². The van der Waals surface area contributed by atoms with Crippen molar-refractivity contribution < 1.29 is 4.79 Å². The number of hydrogen-bond donors (Lipinski definition) is 3. The molecule has 1 amide bonds. The summed E-state index contributed by atoms with van der Waals surface area (Å²) in [6.45, 7) is 2.99. The number of hydrogen-bond acceptors (Lipinski definition) is 3. The number of para-hydroxylation sites is 1. The van der Waals surface area contributed by atoms with Crippen LogP contribution < -0.4 is 16.4 Å². The van der Waals surface area contributed by atoms with Gasteiger partial charge < -0.3 is 16.4 Å². The summed E-state index contributed by atoms with van der Waals surface area (Å²) >= 11 is 0. The van der Waals surface area contributed by atoms with Gasteiger partial charge in [0.05, 0.1) is 5.56 Å². The standard InChI is InChI=1S/C16H25N3O/c1-2-11-18-15-6-4-3-5-14(15)16(20)19-13-9-7-12(17)8-10-13/h3-6,12-13,18H,2,7-11,17H2,1H3,(H,19,20). The van der Waals surface area contributed by atoms with E-state index in [0.717, 1.165) is 49.9 Å². The van der Waals surface area contributed by atoms with Crippen molar-refractivity contribution in [3.8, 4) is 0 Å². The highest BCUT2D eigenvalue weighted by atomic mass is 16.1. The maximum absolute atomic E-state index is 12.4. The van der Waals surface area contributed by atoms with E-state index in [1.165, 1.54) is 0 Å². The van der Waals surface area contributed by atoms with E-state index in [1.807, 2.05) is 24.3 Å². The Morgan fingerprint density at radius 1 is 1.25 bits per heavy atom. The molecule has 1 aliphatic rings. The van der Waals surface area contributed by atoms with E-state index in [9.17, 15) is 4.79 Å². The van der Waals surface area contributed by atoms with Crippen molar-refractivity contribution in [2.24, 2.45) is 5.73 Å². The molecule has 0 bridgehead atoms. The van der Waals surface area contributed by atoms with Gasteiger partial charge in [0.15, 0.2) is 0 Å². The van der Waals surface area contributed by atoms with E-state index in [4.69, 9.17) is 5.73 Å². The summed E-state index contributed by atoms with van der Waals surface area (Å²) in [4.78, 5) is 12.4. The Morgan fingerprint density at radius 2 is 1.95 bits per heavy atom. The lowest BCUT2D eigenvalue weighted by molar-refractivity contribution is 0.0926. The van der Waals surface area contributed by atoms with Crippen molar-refractivity contribution in [2.45, 2.75) is 51.1 Å². The minimum atomic E-state index is 0.0182. The first-order valence-corrected chi connectivity index (χ1v) is 7.60. The van der Waals surface area contributed by atoms with Crippen LogP contribution >= 0.6 is 0 Å². The largest absolute Gasteiger partial charge is 0.384 e. The van der Waals surface area contributed by atoms with Gasteiger partial charge in [0.2, 0.25) is 0 Å². The van der Waals surface area contributed by atoms with Crippen LogP contribution in [0.5, 0.6) is 0 Å². The van der Waals surface area contributed by atoms with Crippen LogP contribution in [0.4, 0.5) is 5.69 Å². The van der Waals surface area contributed by atoms with Crippen molar-refractivity contribution in [1.29, 1.82) is 0 Å². The zero-order valence-corrected chi connectivity index (χ0v) is 12.2. The van der Waals surface area contributed by atoms with Crippen molar-refractivity contribution in [3.05, 3.63) is 29.8 Å². The van der Waals surface area contributed by atoms with Crippen LogP contribution in [-0.2, 0) is 0 Å². The summed E-state index contributed by atoms with van der Waals surface area (Å²) in [5.41, 5.74) is 7.54. The van der Waals surface area contributed by atoms with Gasteiger partial charge in [0.1, 0.15) is 0 Å². The van der Waals surface area contributed by atoms with E-state index in [0.29, 0.717) is 6.04 Å². The first-order valence-electron chi connectivity index (χ1n) is 7.60. The summed E-state index contributed by atoms with van der Waals surface area (Å²) in [7, 11) is 0. The lowest BCUT2D eigenvalue weighted by atomic mass is 9.91. The maximum atomic E-state index is 12.4. The Hall–Kier alpha value is -1.55. The first-order chi connectivity index (χ1) is 9.70. The summed E-state index contributed by atoms with van der Waals surface area (Å²) in [6, 6.07) is 8.27. The van der Waals surface area contributed by atoms with Gasteiger partial charge in [0.25, 0.3) is 5.91 Å². The third-order valence-corrected chi connectivity index (χ3v) is 3.84. The molecular weight excluding hydrogens is 250 g/mol. The van der Waals surface area contributed by atoms with Gasteiger partial charge in [-0.15, -0.1) is 0 Å². The fraction of sp³-hybridized carbons (Fsp3) is 0.562. The number of rotatable bonds is 5. The molecule has 1 fully saturated rings. The molecule has 0 aromatic heterocycles. The minimum absolute atomic E-state index is 0.0182. The van der Waals surface area contributed by atoms with Crippen molar-refractivity contribution in [1.82, 2.24) is 5.32 Å². The first kappa shape index (κ1) is 14.9.